The molecule has 0 radical (unpaired) electrons. The topological polar surface area (TPSA) is 74.7 Å². The van der Waals surface area contributed by atoms with Crippen LogP contribution in [0.15, 0.2) is 58.3 Å². The Labute approximate surface area is 175 Å². The highest BCUT2D eigenvalue weighted by atomic mass is 19.4. The van der Waals surface area contributed by atoms with Crippen LogP contribution >= 0.6 is 0 Å². The van der Waals surface area contributed by atoms with Gasteiger partial charge in [-0.3, -0.25) is 9.79 Å². The Kier molecular flexibility index (Phi) is 6.17. The molecule has 2 atom stereocenters. The van der Waals surface area contributed by atoms with E-state index in [1.807, 2.05) is 0 Å². The second-order valence-corrected chi connectivity index (χ2v) is 7.24. The van der Waals surface area contributed by atoms with Crippen molar-refractivity contribution in [2.24, 2.45) is 4.99 Å². The fraction of sp³-hybridized carbons (Fsp3) is 0.273. The number of ether oxygens (including phenoxy) is 1. The zero-order valence-electron chi connectivity index (χ0n) is 16.7. The van der Waals surface area contributed by atoms with E-state index in [9.17, 15) is 27.5 Å². The van der Waals surface area contributed by atoms with E-state index in [0.29, 0.717) is 17.1 Å². The van der Waals surface area contributed by atoms with Crippen LogP contribution in [-0.2, 0) is 0 Å². The van der Waals surface area contributed by atoms with Crippen LogP contribution in [0.5, 0.6) is 5.75 Å². The molecule has 0 saturated carbocycles. The summed E-state index contributed by atoms with van der Waals surface area (Å²) in [7, 11) is 1.28. The first-order chi connectivity index (χ1) is 14.5. The van der Waals surface area contributed by atoms with Gasteiger partial charge >= 0.3 is 6.18 Å². The van der Waals surface area contributed by atoms with Crippen molar-refractivity contribution in [2.45, 2.75) is 31.0 Å². The number of aliphatic hydroxyl groups is 1. The van der Waals surface area contributed by atoms with E-state index >= 15 is 0 Å². The van der Waals surface area contributed by atoms with Crippen LogP contribution < -0.4 is 10.3 Å². The number of methoxy groups -OCH3 is 1. The fourth-order valence-corrected chi connectivity index (χ4v) is 3.27. The first kappa shape index (κ1) is 22.5. The summed E-state index contributed by atoms with van der Waals surface area (Å²) in [6.07, 6.45) is -5.34. The number of halogens is 4. The number of aliphatic imine (C=N–C) groups is 1. The number of benzene rings is 2. The van der Waals surface area contributed by atoms with Gasteiger partial charge in [0.2, 0.25) is 5.56 Å². The molecule has 1 heterocycles. The second-order valence-electron chi connectivity index (χ2n) is 7.24. The summed E-state index contributed by atoms with van der Waals surface area (Å²) in [5.41, 5.74) is -2.79. The summed E-state index contributed by atoms with van der Waals surface area (Å²) in [5, 5.41) is 10.9. The Morgan fingerprint density at radius 2 is 1.94 bits per heavy atom. The SMILES string of the molecule is COc1ccc(C(C)CC(O)(C=Nc2cccc3[nH]c(=O)ccc23)C(F)(F)F)cc1F. The Morgan fingerprint density at radius 3 is 2.58 bits per heavy atom. The summed E-state index contributed by atoms with van der Waals surface area (Å²) in [5.74, 6) is -1.58. The normalized spacial score (nSPS) is 15.2. The average molecular weight is 436 g/mol. The van der Waals surface area contributed by atoms with E-state index in [4.69, 9.17) is 4.74 Å². The maximum atomic E-state index is 14.0. The third-order valence-corrected chi connectivity index (χ3v) is 5.01. The summed E-state index contributed by atoms with van der Waals surface area (Å²) in [6.45, 7) is 1.45. The Hall–Kier alpha value is -3.20. The number of hydrogen-bond donors (Lipinski definition) is 2. The predicted molar refractivity (Wildman–Crippen MR) is 110 cm³/mol. The van der Waals surface area contributed by atoms with Crippen LogP contribution in [0.25, 0.3) is 10.9 Å². The number of pyridine rings is 1. The number of nitrogens with one attached hydrogen (secondary N) is 1. The minimum absolute atomic E-state index is 0.0300. The molecule has 0 aliphatic rings. The Morgan fingerprint density at radius 1 is 1.19 bits per heavy atom. The molecule has 0 amide bonds. The van der Waals surface area contributed by atoms with Crippen molar-refractivity contribution < 1.29 is 27.4 Å². The quantitative estimate of drug-likeness (QED) is 0.428. The van der Waals surface area contributed by atoms with Crippen molar-refractivity contribution >= 4 is 22.8 Å². The van der Waals surface area contributed by atoms with Crippen LogP contribution in [0.2, 0.25) is 0 Å². The average Bonchev–Trinajstić information content (AvgIpc) is 2.71. The smallest absolute Gasteiger partial charge is 0.422 e. The van der Waals surface area contributed by atoms with Crippen LogP contribution in [0.4, 0.5) is 23.2 Å². The van der Waals surface area contributed by atoms with Crippen LogP contribution in [-0.4, -0.2) is 35.2 Å². The third-order valence-electron chi connectivity index (χ3n) is 5.01. The lowest BCUT2D eigenvalue weighted by atomic mass is 9.87. The summed E-state index contributed by atoms with van der Waals surface area (Å²) < 4.78 is 60.1. The lowest BCUT2D eigenvalue weighted by Crippen LogP contribution is -2.47. The van der Waals surface area contributed by atoms with Crippen LogP contribution in [0.1, 0.15) is 24.8 Å². The van der Waals surface area contributed by atoms with Crippen molar-refractivity contribution in [3.05, 3.63) is 70.3 Å². The predicted octanol–water partition coefficient (Wildman–Crippen LogP) is 4.87. The van der Waals surface area contributed by atoms with Gasteiger partial charge in [-0.1, -0.05) is 19.1 Å². The standard InChI is InChI=1S/C22H20F4N2O3/c1-13(14-6-8-19(31-2)16(23)10-14)11-21(30,22(24,25)26)12-27-17-4-3-5-18-15(17)7-9-20(29)28-18/h3-10,12-13,30H,11H2,1-2H3,(H,28,29). The first-order valence-electron chi connectivity index (χ1n) is 9.34. The lowest BCUT2D eigenvalue weighted by Gasteiger charge is -2.29. The van der Waals surface area contributed by atoms with Gasteiger partial charge in [-0.25, -0.2) is 4.39 Å². The molecule has 164 valence electrons. The fourth-order valence-electron chi connectivity index (χ4n) is 3.27. The van der Waals surface area contributed by atoms with Crippen molar-refractivity contribution in [2.75, 3.05) is 7.11 Å². The molecular formula is C22H20F4N2O3. The van der Waals surface area contributed by atoms with Crippen molar-refractivity contribution in [3.63, 3.8) is 0 Å². The van der Waals surface area contributed by atoms with Gasteiger partial charge in [0.1, 0.15) is 0 Å². The number of aromatic amines is 1. The number of nitrogens with zero attached hydrogens (tertiary/aromatic N) is 1. The largest absolute Gasteiger partial charge is 0.494 e. The molecule has 31 heavy (non-hydrogen) atoms. The number of fused-ring (bicyclic) bond motifs is 1. The number of hydrogen-bond acceptors (Lipinski definition) is 4. The molecule has 2 N–H and O–H groups in total. The number of H-pyrrole nitrogens is 1. The molecule has 0 saturated heterocycles. The summed E-state index contributed by atoms with van der Waals surface area (Å²) in [6, 6.07) is 11.1. The molecule has 3 rings (SSSR count). The number of aromatic nitrogens is 1. The van der Waals surface area contributed by atoms with Gasteiger partial charge in [-0.05, 0) is 48.2 Å². The maximum absolute atomic E-state index is 14.0. The molecule has 0 fully saturated rings. The Bertz CT molecular complexity index is 1170. The van der Waals surface area contributed by atoms with Crippen molar-refractivity contribution in [3.8, 4) is 5.75 Å². The molecule has 9 heteroatoms. The number of alkyl halides is 3. The molecule has 0 aliphatic carbocycles. The Balaban J connectivity index is 1.94. The molecule has 0 bridgehead atoms. The molecule has 3 aromatic rings. The van der Waals surface area contributed by atoms with Gasteiger partial charge in [-0.15, -0.1) is 0 Å². The molecule has 5 nitrogen and oxygen atoms in total. The van der Waals surface area contributed by atoms with E-state index in [2.05, 4.69) is 9.98 Å². The van der Waals surface area contributed by atoms with Gasteiger partial charge in [0, 0.05) is 17.7 Å². The third kappa shape index (κ3) is 4.77. The molecular weight excluding hydrogens is 416 g/mol. The monoisotopic (exact) mass is 436 g/mol. The summed E-state index contributed by atoms with van der Waals surface area (Å²) in [4.78, 5) is 17.9. The van der Waals surface area contributed by atoms with Gasteiger partial charge in [-0.2, -0.15) is 13.2 Å². The van der Waals surface area contributed by atoms with Crippen molar-refractivity contribution in [1.29, 1.82) is 0 Å². The lowest BCUT2D eigenvalue weighted by molar-refractivity contribution is -0.231. The number of rotatable bonds is 6. The second kappa shape index (κ2) is 8.50. The molecule has 0 aliphatic heterocycles. The van der Waals surface area contributed by atoms with Crippen molar-refractivity contribution in [1.82, 2.24) is 4.98 Å². The molecule has 1 aromatic heterocycles. The van der Waals surface area contributed by atoms with Gasteiger partial charge in [0.15, 0.2) is 17.2 Å². The van der Waals surface area contributed by atoms with E-state index in [-0.39, 0.29) is 22.6 Å². The zero-order valence-corrected chi connectivity index (χ0v) is 16.7. The van der Waals surface area contributed by atoms with Gasteiger partial charge in [0.25, 0.3) is 0 Å². The van der Waals surface area contributed by atoms with E-state index in [1.54, 1.807) is 6.07 Å². The molecule has 2 unspecified atom stereocenters. The summed E-state index contributed by atoms with van der Waals surface area (Å²) >= 11 is 0. The molecule has 2 aromatic carbocycles. The first-order valence-corrected chi connectivity index (χ1v) is 9.34. The highest BCUT2D eigenvalue weighted by molar-refractivity contribution is 5.91. The van der Waals surface area contributed by atoms with Crippen LogP contribution in [0, 0.1) is 5.82 Å². The van der Waals surface area contributed by atoms with E-state index < -0.39 is 29.9 Å². The van der Waals surface area contributed by atoms with Crippen LogP contribution in [0.3, 0.4) is 0 Å². The highest BCUT2D eigenvalue weighted by Gasteiger charge is 2.53. The van der Waals surface area contributed by atoms with Gasteiger partial charge < -0.3 is 14.8 Å². The maximum Gasteiger partial charge on any atom is 0.422 e. The minimum atomic E-state index is -5.02. The van der Waals surface area contributed by atoms with E-state index in [0.717, 1.165) is 6.07 Å². The highest BCUT2D eigenvalue weighted by Crippen LogP contribution is 2.38. The minimum Gasteiger partial charge on any atom is -0.494 e. The van der Waals surface area contributed by atoms with E-state index in [1.165, 1.54) is 50.4 Å². The zero-order chi connectivity index (χ0) is 22.8. The van der Waals surface area contributed by atoms with Gasteiger partial charge in [0.05, 0.1) is 18.3 Å². The molecule has 0 spiro atoms.